The molecule has 1 amide bonds. The summed E-state index contributed by atoms with van der Waals surface area (Å²) in [5.74, 6) is 0.431. The Balaban J connectivity index is 1.67. The third-order valence-electron chi connectivity index (χ3n) is 3.35. The highest BCUT2D eigenvalue weighted by Gasteiger charge is 2.06. The van der Waals surface area contributed by atoms with Gasteiger partial charge >= 0.3 is 0 Å². The molecule has 0 radical (unpaired) electrons. The summed E-state index contributed by atoms with van der Waals surface area (Å²) in [7, 11) is 0. The first kappa shape index (κ1) is 14.0. The average molecular weight is 293 g/mol. The fraction of sp³-hybridized carbons (Fsp3) is 0.118. The lowest BCUT2D eigenvalue weighted by molar-refractivity contribution is 0.0954. The number of aromatic nitrogens is 2. The first-order valence-electron chi connectivity index (χ1n) is 7.05. The molecule has 0 spiro atoms. The molecule has 3 rings (SSSR count). The maximum absolute atomic E-state index is 11.9. The second-order valence-corrected chi connectivity index (χ2v) is 4.90. The third kappa shape index (κ3) is 3.03. The maximum Gasteiger partial charge on any atom is 0.258 e. The minimum Gasteiger partial charge on any atom is -0.352 e. The lowest BCUT2D eigenvalue weighted by atomic mass is 10.2. The quantitative estimate of drug-likeness (QED) is 0.771. The van der Waals surface area contributed by atoms with Gasteiger partial charge in [-0.1, -0.05) is 30.3 Å². The highest BCUT2D eigenvalue weighted by atomic mass is 16.1. The molecule has 0 saturated heterocycles. The van der Waals surface area contributed by atoms with Crippen molar-refractivity contribution in [2.75, 3.05) is 6.54 Å². The lowest BCUT2D eigenvalue weighted by Gasteiger charge is -2.05. The molecule has 0 aliphatic rings. The number of para-hydroxylation sites is 1. The Kier molecular flexibility index (Phi) is 3.96. The number of hydrogen-bond donors (Lipinski definition) is 2. The molecule has 5 nitrogen and oxygen atoms in total. The molecule has 0 fully saturated rings. The molecule has 2 N–H and O–H groups in total. The van der Waals surface area contributed by atoms with E-state index < -0.39 is 0 Å². The van der Waals surface area contributed by atoms with Gasteiger partial charge < -0.3 is 10.3 Å². The van der Waals surface area contributed by atoms with Crippen molar-refractivity contribution in [1.82, 2.24) is 15.3 Å². The molecule has 2 aromatic carbocycles. The Hall–Kier alpha value is -2.95. The number of fused-ring (bicyclic) bond motifs is 1. The van der Waals surface area contributed by atoms with E-state index in [0.717, 1.165) is 0 Å². The first-order chi connectivity index (χ1) is 10.7. The fourth-order valence-corrected chi connectivity index (χ4v) is 2.24. The SMILES string of the molecule is O=C(NCCc1nc2ccccc2c(=O)[nH]1)c1ccccc1. The summed E-state index contributed by atoms with van der Waals surface area (Å²) >= 11 is 0. The van der Waals surface area contributed by atoms with Gasteiger partial charge in [0.05, 0.1) is 10.9 Å². The van der Waals surface area contributed by atoms with Gasteiger partial charge in [-0.25, -0.2) is 4.98 Å². The van der Waals surface area contributed by atoms with Gasteiger partial charge in [0, 0.05) is 18.5 Å². The van der Waals surface area contributed by atoms with E-state index in [0.29, 0.717) is 35.3 Å². The summed E-state index contributed by atoms with van der Waals surface area (Å²) in [6.07, 6.45) is 0.471. The third-order valence-corrected chi connectivity index (χ3v) is 3.35. The topological polar surface area (TPSA) is 74.8 Å². The van der Waals surface area contributed by atoms with E-state index in [2.05, 4.69) is 15.3 Å². The van der Waals surface area contributed by atoms with Crippen LogP contribution in [-0.2, 0) is 6.42 Å². The molecule has 1 aromatic heterocycles. The van der Waals surface area contributed by atoms with Crippen LogP contribution < -0.4 is 10.9 Å². The predicted octanol–water partition coefficient (Wildman–Crippen LogP) is 1.90. The van der Waals surface area contributed by atoms with Crippen LogP contribution in [0.15, 0.2) is 59.4 Å². The predicted molar refractivity (Wildman–Crippen MR) is 84.8 cm³/mol. The zero-order valence-electron chi connectivity index (χ0n) is 11.9. The van der Waals surface area contributed by atoms with Crippen LogP contribution in [0.25, 0.3) is 10.9 Å². The Bertz CT molecular complexity index is 856. The van der Waals surface area contributed by atoms with Crippen LogP contribution in [0, 0.1) is 0 Å². The smallest absolute Gasteiger partial charge is 0.258 e. The van der Waals surface area contributed by atoms with Crippen molar-refractivity contribution in [3.8, 4) is 0 Å². The molecule has 0 bridgehead atoms. The fourth-order valence-electron chi connectivity index (χ4n) is 2.24. The summed E-state index contributed by atoms with van der Waals surface area (Å²) < 4.78 is 0. The van der Waals surface area contributed by atoms with Gasteiger partial charge in [0.25, 0.3) is 11.5 Å². The van der Waals surface area contributed by atoms with Crippen molar-refractivity contribution >= 4 is 16.8 Å². The zero-order valence-corrected chi connectivity index (χ0v) is 11.9. The molecule has 0 unspecified atom stereocenters. The first-order valence-corrected chi connectivity index (χ1v) is 7.05. The van der Waals surface area contributed by atoms with Crippen LogP contribution in [0.1, 0.15) is 16.2 Å². The molecule has 0 aliphatic heterocycles. The minimum atomic E-state index is -0.157. The summed E-state index contributed by atoms with van der Waals surface area (Å²) in [5, 5.41) is 3.38. The number of rotatable bonds is 4. The molecule has 1 heterocycles. The molecule has 22 heavy (non-hydrogen) atoms. The lowest BCUT2D eigenvalue weighted by Crippen LogP contribution is -2.26. The molecule has 110 valence electrons. The molecular formula is C17H15N3O2. The Labute approximate surface area is 127 Å². The maximum atomic E-state index is 11.9. The summed E-state index contributed by atoms with van der Waals surface area (Å²) in [5.41, 5.74) is 1.12. The van der Waals surface area contributed by atoms with E-state index in [4.69, 9.17) is 0 Å². The number of benzene rings is 2. The van der Waals surface area contributed by atoms with Gasteiger partial charge in [-0.2, -0.15) is 0 Å². The average Bonchev–Trinajstić information content (AvgIpc) is 2.56. The van der Waals surface area contributed by atoms with Crippen LogP contribution in [0.5, 0.6) is 0 Å². The molecule has 5 heteroatoms. The van der Waals surface area contributed by atoms with Gasteiger partial charge in [0.2, 0.25) is 0 Å². The van der Waals surface area contributed by atoms with E-state index in [1.807, 2.05) is 24.3 Å². The number of nitrogens with zero attached hydrogens (tertiary/aromatic N) is 1. The standard InChI is InChI=1S/C17H15N3O2/c21-16(12-6-2-1-3-7-12)18-11-10-15-19-14-9-5-4-8-13(14)17(22)20-15/h1-9H,10-11H2,(H,18,21)(H,19,20,22). The van der Waals surface area contributed by atoms with Gasteiger partial charge in [-0.3, -0.25) is 9.59 Å². The van der Waals surface area contributed by atoms with E-state index in [1.165, 1.54) is 0 Å². The number of carbonyl (C=O) groups is 1. The number of aromatic amines is 1. The van der Waals surface area contributed by atoms with Crippen molar-refractivity contribution in [2.45, 2.75) is 6.42 Å². The summed E-state index contributed by atoms with van der Waals surface area (Å²) in [4.78, 5) is 31.0. The van der Waals surface area contributed by atoms with Crippen LogP contribution in [0.4, 0.5) is 0 Å². The van der Waals surface area contributed by atoms with Gasteiger partial charge in [-0.15, -0.1) is 0 Å². The van der Waals surface area contributed by atoms with Crippen molar-refractivity contribution in [2.24, 2.45) is 0 Å². The van der Waals surface area contributed by atoms with Crippen LogP contribution in [-0.4, -0.2) is 22.4 Å². The van der Waals surface area contributed by atoms with Gasteiger partial charge in [0.1, 0.15) is 5.82 Å². The van der Waals surface area contributed by atoms with Gasteiger partial charge in [-0.05, 0) is 24.3 Å². The zero-order chi connectivity index (χ0) is 15.4. The van der Waals surface area contributed by atoms with Crippen LogP contribution >= 0.6 is 0 Å². The van der Waals surface area contributed by atoms with E-state index in [9.17, 15) is 9.59 Å². The Morgan fingerprint density at radius 2 is 1.77 bits per heavy atom. The Morgan fingerprint density at radius 3 is 2.59 bits per heavy atom. The molecule has 0 aliphatic carbocycles. The van der Waals surface area contributed by atoms with Crippen LogP contribution in [0.3, 0.4) is 0 Å². The molecule has 0 saturated carbocycles. The summed E-state index contributed by atoms with van der Waals surface area (Å²) in [6, 6.07) is 16.2. The van der Waals surface area contributed by atoms with Crippen molar-refractivity contribution < 1.29 is 4.79 Å². The summed E-state index contributed by atoms with van der Waals surface area (Å²) in [6.45, 7) is 0.412. The second-order valence-electron chi connectivity index (χ2n) is 4.90. The largest absolute Gasteiger partial charge is 0.352 e. The molecular weight excluding hydrogens is 278 g/mol. The monoisotopic (exact) mass is 293 g/mol. The van der Waals surface area contributed by atoms with E-state index in [1.54, 1.807) is 30.3 Å². The minimum absolute atomic E-state index is 0.135. The molecule has 3 aromatic rings. The Morgan fingerprint density at radius 1 is 1.05 bits per heavy atom. The second kappa shape index (κ2) is 6.22. The van der Waals surface area contributed by atoms with Crippen molar-refractivity contribution in [3.05, 3.63) is 76.3 Å². The van der Waals surface area contributed by atoms with Gasteiger partial charge in [0.15, 0.2) is 0 Å². The number of amides is 1. The molecule has 0 atom stereocenters. The highest BCUT2D eigenvalue weighted by Crippen LogP contribution is 2.05. The normalized spacial score (nSPS) is 10.5. The number of nitrogens with one attached hydrogen (secondary N) is 2. The highest BCUT2D eigenvalue weighted by molar-refractivity contribution is 5.94. The van der Waals surface area contributed by atoms with Crippen LogP contribution in [0.2, 0.25) is 0 Å². The van der Waals surface area contributed by atoms with E-state index in [-0.39, 0.29) is 11.5 Å². The number of hydrogen-bond acceptors (Lipinski definition) is 3. The van der Waals surface area contributed by atoms with Crippen molar-refractivity contribution in [3.63, 3.8) is 0 Å². The van der Waals surface area contributed by atoms with Crippen molar-refractivity contribution in [1.29, 1.82) is 0 Å². The number of H-pyrrole nitrogens is 1. The number of carbonyl (C=O) groups excluding carboxylic acids is 1. The van der Waals surface area contributed by atoms with E-state index >= 15 is 0 Å².